The Kier molecular flexibility index (Phi) is 8.06. The molecule has 3 rings (SSSR count). The molecule has 33 heavy (non-hydrogen) atoms. The molecule has 0 saturated carbocycles. The van der Waals surface area contributed by atoms with Crippen molar-refractivity contribution < 1.29 is 32.7 Å². The number of nitrogens with one attached hydrogen (secondary N) is 1. The van der Waals surface area contributed by atoms with Gasteiger partial charge in [0.05, 0.1) is 22.8 Å². The molecule has 1 aliphatic heterocycles. The highest BCUT2D eigenvalue weighted by Crippen LogP contribution is 2.39. The van der Waals surface area contributed by atoms with Crippen molar-refractivity contribution >= 4 is 21.7 Å². The summed E-state index contributed by atoms with van der Waals surface area (Å²) in [5.41, 5.74) is 1.55. The molecule has 2 aromatic carbocycles. The van der Waals surface area contributed by atoms with Crippen LogP contribution in [0, 0.1) is 0 Å². The van der Waals surface area contributed by atoms with Crippen molar-refractivity contribution in [1.29, 1.82) is 0 Å². The number of hydroxylamine groups is 1. The van der Waals surface area contributed by atoms with Crippen molar-refractivity contribution in [1.82, 2.24) is 10.4 Å². The van der Waals surface area contributed by atoms with Crippen molar-refractivity contribution in [2.75, 3.05) is 26.2 Å². The van der Waals surface area contributed by atoms with E-state index in [2.05, 4.69) is 0 Å². The van der Waals surface area contributed by atoms with Gasteiger partial charge in [-0.15, -0.1) is 0 Å². The second-order valence-electron chi connectivity index (χ2n) is 7.87. The number of likely N-dealkylation sites (tertiary alicyclic amines) is 1. The molecule has 0 unspecified atom stereocenters. The fourth-order valence-corrected chi connectivity index (χ4v) is 5.98. The van der Waals surface area contributed by atoms with Crippen LogP contribution in [0.4, 0.5) is 0 Å². The fourth-order valence-electron chi connectivity index (χ4n) is 3.94. The standard InChI is InChI=1S/C23H28N2O7S/c1-2-31-22(27)17-25-14-12-23(13-15-25,16-21(26)24-28)33(29,30)20-10-8-19(9-11-20)32-18-6-4-3-5-7-18/h3-11,28H,2,12-17H2,1H3,(H,24,26). The number of carbonyl (C=O) groups is 2. The maximum absolute atomic E-state index is 13.6. The molecule has 9 nitrogen and oxygen atoms in total. The lowest BCUT2D eigenvalue weighted by molar-refractivity contribution is -0.145. The van der Waals surface area contributed by atoms with Crippen molar-refractivity contribution in [3.05, 3.63) is 54.6 Å². The maximum atomic E-state index is 13.6. The third-order valence-electron chi connectivity index (χ3n) is 5.72. The number of rotatable bonds is 9. The van der Waals surface area contributed by atoms with Crippen molar-refractivity contribution in [2.45, 2.75) is 35.8 Å². The van der Waals surface area contributed by atoms with Gasteiger partial charge < -0.3 is 9.47 Å². The van der Waals surface area contributed by atoms with E-state index < -0.39 is 20.5 Å². The molecule has 2 N–H and O–H groups in total. The van der Waals surface area contributed by atoms with Gasteiger partial charge in [0.15, 0.2) is 9.84 Å². The zero-order chi connectivity index (χ0) is 23.9. The Morgan fingerprint density at radius 3 is 2.21 bits per heavy atom. The van der Waals surface area contributed by atoms with Crippen LogP contribution < -0.4 is 10.2 Å². The SMILES string of the molecule is CCOC(=O)CN1CCC(CC(=O)NO)(S(=O)(=O)c2ccc(Oc3ccccc3)cc2)CC1. The molecule has 178 valence electrons. The summed E-state index contributed by atoms with van der Waals surface area (Å²) in [6.45, 7) is 2.64. The lowest BCUT2D eigenvalue weighted by Crippen LogP contribution is -2.52. The van der Waals surface area contributed by atoms with Gasteiger partial charge in [0.1, 0.15) is 11.5 Å². The van der Waals surface area contributed by atoms with E-state index in [0.717, 1.165) is 0 Å². The van der Waals surface area contributed by atoms with Crippen LogP contribution in [0.5, 0.6) is 11.5 Å². The van der Waals surface area contributed by atoms with Crippen LogP contribution in [0.15, 0.2) is 59.5 Å². The molecule has 2 aromatic rings. The average molecular weight is 477 g/mol. The summed E-state index contributed by atoms with van der Waals surface area (Å²) in [6.07, 6.45) is -0.129. The number of piperidine rings is 1. The van der Waals surface area contributed by atoms with Crippen molar-refractivity contribution in [3.63, 3.8) is 0 Å². The second kappa shape index (κ2) is 10.8. The summed E-state index contributed by atoms with van der Waals surface area (Å²) >= 11 is 0. The molecule has 0 aliphatic carbocycles. The zero-order valence-electron chi connectivity index (χ0n) is 18.4. The molecule has 1 saturated heterocycles. The van der Waals surface area contributed by atoms with Crippen LogP contribution in [0.1, 0.15) is 26.2 Å². The first kappa shape index (κ1) is 24.7. The number of hydrogen-bond acceptors (Lipinski definition) is 8. The van der Waals surface area contributed by atoms with Crippen molar-refractivity contribution in [3.8, 4) is 11.5 Å². The molecule has 10 heteroatoms. The predicted molar refractivity (Wildman–Crippen MR) is 120 cm³/mol. The number of sulfone groups is 1. The first-order chi connectivity index (χ1) is 15.8. The van der Waals surface area contributed by atoms with Gasteiger partial charge in [-0.3, -0.25) is 19.7 Å². The number of hydrogen-bond donors (Lipinski definition) is 2. The number of benzene rings is 2. The molecule has 1 fully saturated rings. The van der Waals surface area contributed by atoms with E-state index in [-0.39, 0.29) is 43.3 Å². The molecule has 0 atom stereocenters. The quantitative estimate of drug-likeness (QED) is 0.322. The first-order valence-electron chi connectivity index (χ1n) is 10.7. The van der Waals surface area contributed by atoms with Gasteiger partial charge in [-0.1, -0.05) is 18.2 Å². The van der Waals surface area contributed by atoms with Gasteiger partial charge in [0.2, 0.25) is 5.91 Å². The van der Waals surface area contributed by atoms with Gasteiger partial charge in [-0.2, -0.15) is 0 Å². The highest BCUT2D eigenvalue weighted by molar-refractivity contribution is 7.92. The molecule has 1 aliphatic rings. The Labute approximate surface area is 193 Å². The number of nitrogens with zero attached hydrogens (tertiary/aromatic N) is 1. The highest BCUT2D eigenvalue weighted by atomic mass is 32.2. The summed E-state index contributed by atoms with van der Waals surface area (Å²) in [5.74, 6) is -0.0545. The lowest BCUT2D eigenvalue weighted by atomic mass is 9.92. The Balaban J connectivity index is 1.80. The third kappa shape index (κ3) is 5.89. The second-order valence-corrected chi connectivity index (χ2v) is 10.2. The normalized spacial score (nSPS) is 16.1. The van der Waals surface area contributed by atoms with E-state index in [0.29, 0.717) is 24.6 Å². The van der Waals surface area contributed by atoms with Gasteiger partial charge >= 0.3 is 5.97 Å². The fraction of sp³-hybridized carbons (Fsp3) is 0.391. The number of carbonyl (C=O) groups excluding carboxylic acids is 2. The maximum Gasteiger partial charge on any atom is 0.320 e. The van der Waals surface area contributed by atoms with Crippen LogP contribution in [0.2, 0.25) is 0 Å². The topological polar surface area (TPSA) is 122 Å². The molecular formula is C23H28N2O7S. The zero-order valence-corrected chi connectivity index (χ0v) is 19.2. The number of amides is 1. The summed E-state index contributed by atoms with van der Waals surface area (Å²) < 4.78 is 36.6. The summed E-state index contributed by atoms with van der Waals surface area (Å²) in [6, 6.07) is 15.1. The van der Waals surface area contributed by atoms with Crippen LogP contribution in [-0.4, -0.2) is 61.4 Å². The van der Waals surface area contributed by atoms with E-state index in [1.54, 1.807) is 41.6 Å². The largest absolute Gasteiger partial charge is 0.465 e. The van der Waals surface area contributed by atoms with E-state index in [1.807, 2.05) is 18.2 Å². The van der Waals surface area contributed by atoms with E-state index in [4.69, 9.17) is 14.7 Å². The minimum atomic E-state index is -3.95. The van der Waals surface area contributed by atoms with Crippen molar-refractivity contribution in [2.24, 2.45) is 0 Å². The number of esters is 1. The predicted octanol–water partition coefficient (Wildman–Crippen LogP) is 2.55. The molecule has 0 bridgehead atoms. The molecular weight excluding hydrogens is 448 g/mol. The molecule has 0 spiro atoms. The summed E-state index contributed by atoms with van der Waals surface area (Å²) in [4.78, 5) is 25.7. The number of ether oxygens (including phenoxy) is 2. The molecule has 0 radical (unpaired) electrons. The minimum Gasteiger partial charge on any atom is -0.465 e. The smallest absolute Gasteiger partial charge is 0.320 e. The lowest BCUT2D eigenvalue weighted by Gasteiger charge is -2.40. The molecule has 1 amide bonds. The van der Waals surface area contributed by atoms with Crippen LogP contribution in [0.25, 0.3) is 0 Å². The van der Waals surface area contributed by atoms with Gasteiger partial charge in [0, 0.05) is 19.5 Å². The van der Waals surface area contributed by atoms with Crippen LogP contribution in [0.3, 0.4) is 0 Å². The highest BCUT2D eigenvalue weighted by Gasteiger charge is 2.48. The summed E-state index contributed by atoms with van der Waals surface area (Å²) in [7, 11) is -3.95. The van der Waals surface area contributed by atoms with Gasteiger partial charge in [0.25, 0.3) is 0 Å². The van der Waals surface area contributed by atoms with E-state index in [9.17, 15) is 18.0 Å². The van der Waals surface area contributed by atoms with Gasteiger partial charge in [-0.05, 0) is 56.2 Å². The molecule has 1 heterocycles. The first-order valence-corrected chi connectivity index (χ1v) is 12.2. The van der Waals surface area contributed by atoms with E-state index >= 15 is 0 Å². The third-order valence-corrected chi connectivity index (χ3v) is 8.30. The Bertz CT molecular complexity index is 1050. The minimum absolute atomic E-state index is 0.0572. The number of para-hydroxylation sites is 1. The monoisotopic (exact) mass is 476 g/mol. The van der Waals surface area contributed by atoms with Crippen LogP contribution >= 0.6 is 0 Å². The molecule has 0 aromatic heterocycles. The van der Waals surface area contributed by atoms with Crippen LogP contribution in [-0.2, 0) is 24.2 Å². The average Bonchev–Trinajstić information content (AvgIpc) is 2.81. The van der Waals surface area contributed by atoms with Gasteiger partial charge in [-0.25, -0.2) is 13.9 Å². The Hall–Kier alpha value is -2.95. The Morgan fingerprint density at radius 1 is 1.03 bits per heavy atom. The van der Waals surface area contributed by atoms with E-state index in [1.165, 1.54) is 12.1 Å². The Morgan fingerprint density at radius 2 is 1.64 bits per heavy atom. The summed E-state index contributed by atoms with van der Waals surface area (Å²) in [5, 5.41) is 9.04.